The Morgan fingerprint density at radius 3 is 2.70 bits per heavy atom. The zero-order chi connectivity index (χ0) is 26.3. The van der Waals surface area contributed by atoms with E-state index in [1.54, 1.807) is 30.3 Å². The van der Waals surface area contributed by atoms with E-state index in [0.29, 0.717) is 29.7 Å². The summed E-state index contributed by atoms with van der Waals surface area (Å²) in [6.07, 6.45) is -3.49. The van der Waals surface area contributed by atoms with Gasteiger partial charge < -0.3 is 10.1 Å². The van der Waals surface area contributed by atoms with Crippen LogP contribution in [0.1, 0.15) is 35.9 Å². The normalized spacial score (nSPS) is 14.3. The average molecular weight is 515 g/mol. The van der Waals surface area contributed by atoms with Crippen LogP contribution in [0.5, 0.6) is 5.75 Å². The number of carbonyl (C=O) groups is 1. The summed E-state index contributed by atoms with van der Waals surface area (Å²) in [6.45, 7) is 1.17. The predicted octanol–water partition coefficient (Wildman–Crippen LogP) is 4.64. The first kappa shape index (κ1) is 24.5. The molecular weight excluding hydrogens is 494 g/mol. The van der Waals surface area contributed by atoms with Gasteiger partial charge in [-0.3, -0.25) is 14.3 Å². The van der Waals surface area contributed by atoms with E-state index in [4.69, 9.17) is 4.74 Å². The van der Waals surface area contributed by atoms with Crippen molar-refractivity contribution < 1.29 is 27.1 Å². The summed E-state index contributed by atoms with van der Waals surface area (Å²) in [5, 5.41) is 7.46. The van der Waals surface area contributed by atoms with Crippen LogP contribution >= 0.6 is 0 Å². The lowest BCUT2D eigenvalue weighted by atomic mass is 10.1. The Hall–Kier alpha value is -4.22. The fraction of sp³-hybridized carbons (Fsp3) is 0.280. The van der Waals surface area contributed by atoms with Crippen LogP contribution in [-0.4, -0.2) is 37.5 Å². The summed E-state index contributed by atoms with van der Waals surface area (Å²) in [5.41, 5.74) is -0.804. The topological polar surface area (TPSA) is 91.0 Å². The van der Waals surface area contributed by atoms with Crippen LogP contribution in [-0.2, 0) is 13.0 Å². The molecule has 2 aromatic carbocycles. The minimum atomic E-state index is -4.76. The van der Waals surface area contributed by atoms with Gasteiger partial charge in [0.1, 0.15) is 23.1 Å². The maximum Gasteiger partial charge on any atom is 0.425 e. The SMILES string of the molecule is CC(Oc1cc(-n2nc3n(c2=O)CCCC3)c(F)cc1C(=O)Nc1cccc2cccnc12)C(F)(F)F. The number of aryl methyl sites for hydroxylation is 1. The Balaban J connectivity index is 1.59. The highest BCUT2D eigenvalue weighted by molar-refractivity contribution is 6.09. The number of aromatic nitrogens is 4. The molecule has 192 valence electrons. The molecule has 0 saturated heterocycles. The molecule has 5 rings (SSSR count). The van der Waals surface area contributed by atoms with Crippen molar-refractivity contribution >= 4 is 22.5 Å². The number of alkyl halides is 3. The van der Waals surface area contributed by atoms with Crippen molar-refractivity contribution in [2.24, 2.45) is 0 Å². The van der Waals surface area contributed by atoms with Crippen LogP contribution in [0.25, 0.3) is 16.6 Å². The molecule has 1 atom stereocenters. The van der Waals surface area contributed by atoms with Gasteiger partial charge in [0.25, 0.3) is 5.91 Å². The summed E-state index contributed by atoms with van der Waals surface area (Å²) in [6, 6.07) is 10.1. The van der Waals surface area contributed by atoms with Crippen LogP contribution in [0.4, 0.5) is 23.2 Å². The van der Waals surface area contributed by atoms with Crippen molar-refractivity contribution in [3.63, 3.8) is 0 Å². The molecule has 0 fully saturated rings. The van der Waals surface area contributed by atoms with Crippen molar-refractivity contribution in [3.8, 4) is 11.4 Å². The number of rotatable bonds is 5. The number of para-hydroxylation sites is 1. The number of carbonyl (C=O) groups excluding carboxylic acids is 1. The van der Waals surface area contributed by atoms with Gasteiger partial charge in [0.2, 0.25) is 0 Å². The molecule has 1 N–H and O–H groups in total. The van der Waals surface area contributed by atoms with Crippen LogP contribution in [0.15, 0.2) is 53.5 Å². The third-order valence-corrected chi connectivity index (χ3v) is 6.14. The molecule has 1 aliphatic heterocycles. The Labute approximate surface area is 207 Å². The number of hydrogen-bond donors (Lipinski definition) is 1. The number of nitrogens with zero attached hydrogens (tertiary/aromatic N) is 4. The number of amides is 1. The lowest BCUT2D eigenvalue weighted by Gasteiger charge is -2.20. The van der Waals surface area contributed by atoms with Crippen LogP contribution in [0, 0.1) is 5.82 Å². The number of ether oxygens (including phenoxy) is 1. The van der Waals surface area contributed by atoms with Crippen LogP contribution in [0.3, 0.4) is 0 Å². The number of benzene rings is 2. The van der Waals surface area contributed by atoms with E-state index in [0.717, 1.165) is 36.6 Å². The molecule has 8 nitrogen and oxygen atoms in total. The maximum atomic E-state index is 15.3. The Bertz CT molecular complexity index is 1560. The van der Waals surface area contributed by atoms with E-state index < -0.39 is 46.7 Å². The zero-order valence-electron chi connectivity index (χ0n) is 19.6. The van der Waals surface area contributed by atoms with Gasteiger partial charge in [-0.25, -0.2) is 9.18 Å². The van der Waals surface area contributed by atoms with Crippen molar-refractivity contribution in [2.45, 2.75) is 45.0 Å². The summed E-state index contributed by atoms with van der Waals surface area (Å²) < 4.78 is 62.6. The highest BCUT2D eigenvalue weighted by Crippen LogP contribution is 2.31. The summed E-state index contributed by atoms with van der Waals surface area (Å²) >= 11 is 0. The van der Waals surface area contributed by atoms with E-state index in [1.807, 2.05) is 0 Å². The molecule has 37 heavy (non-hydrogen) atoms. The fourth-order valence-corrected chi connectivity index (χ4v) is 4.19. The highest BCUT2D eigenvalue weighted by Gasteiger charge is 2.39. The number of fused-ring (bicyclic) bond motifs is 2. The molecule has 0 bridgehead atoms. The van der Waals surface area contributed by atoms with Gasteiger partial charge in [-0.1, -0.05) is 18.2 Å². The number of hydrogen-bond acceptors (Lipinski definition) is 5. The molecular formula is C25H21F4N5O3. The minimum absolute atomic E-state index is 0.278. The maximum absolute atomic E-state index is 15.3. The van der Waals surface area contributed by atoms with Crippen LogP contribution < -0.4 is 15.7 Å². The summed E-state index contributed by atoms with van der Waals surface area (Å²) in [4.78, 5) is 30.2. The van der Waals surface area contributed by atoms with Crippen molar-refractivity contribution in [3.05, 3.63) is 76.4 Å². The van der Waals surface area contributed by atoms with Gasteiger partial charge in [-0.2, -0.15) is 17.9 Å². The minimum Gasteiger partial charge on any atom is -0.480 e. The molecule has 12 heteroatoms. The second-order valence-electron chi connectivity index (χ2n) is 8.66. The summed E-state index contributed by atoms with van der Waals surface area (Å²) in [5.74, 6) is -2.04. The largest absolute Gasteiger partial charge is 0.480 e. The molecule has 1 aliphatic rings. The first-order valence-corrected chi connectivity index (χ1v) is 11.5. The third-order valence-electron chi connectivity index (χ3n) is 6.14. The molecule has 1 unspecified atom stereocenters. The van der Waals surface area contributed by atoms with E-state index in [9.17, 15) is 22.8 Å². The van der Waals surface area contributed by atoms with Crippen LogP contribution in [0.2, 0.25) is 0 Å². The van der Waals surface area contributed by atoms with Gasteiger partial charge in [0, 0.05) is 30.6 Å². The number of nitrogens with one attached hydrogen (secondary N) is 1. The summed E-state index contributed by atoms with van der Waals surface area (Å²) in [7, 11) is 0. The monoisotopic (exact) mass is 515 g/mol. The lowest BCUT2D eigenvalue weighted by Crippen LogP contribution is -2.32. The van der Waals surface area contributed by atoms with Crippen molar-refractivity contribution in [1.82, 2.24) is 19.3 Å². The molecule has 0 aliphatic carbocycles. The molecule has 1 amide bonds. The second-order valence-corrected chi connectivity index (χ2v) is 8.66. The van der Waals surface area contributed by atoms with E-state index in [-0.39, 0.29) is 5.69 Å². The van der Waals surface area contributed by atoms with Crippen molar-refractivity contribution in [2.75, 3.05) is 5.32 Å². The third kappa shape index (κ3) is 4.66. The standard InChI is InChI=1S/C25H21F4N5O3/c1-14(25(27,28)29)37-20-13-19(34-24(36)33-11-3-2-9-21(33)32-34)17(26)12-16(20)23(35)31-18-8-4-6-15-7-5-10-30-22(15)18/h4-8,10,12-14H,2-3,9,11H2,1H3,(H,31,35). The average Bonchev–Trinajstić information content (AvgIpc) is 3.20. The van der Waals surface area contributed by atoms with Gasteiger partial charge >= 0.3 is 11.9 Å². The highest BCUT2D eigenvalue weighted by atomic mass is 19.4. The van der Waals surface area contributed by atoms with Gasteiger partial charge in [-0.15, -0.1) is 5.10 Å². The molecule has 3 heterocycles. The predicted molar refractivity (Wildman–Crippen MR) is 127 cm³/mol. The number of anilines is 1. The Morgan fingerprint density at radius 2 is 1.95 bits per heavy atom. The van der Waals surface area contributed by atoms with Gasteiger partial charge in [0.05, 0.1) is 16.8 Å². The first-order valence-electron chi connectivity index (χ1n) is 11.5. The van der Waals surface area contributed by atoms with Gasteiger partial charge in [0.15, 0.2) is 6.10 Å². The molecule has 0 saturated carbocycles. The Morgan fingerprint density at radius 1 is 1.16 bits per heavy atom. The zero-order valence-corrected chi connectivity index (χ0v) is 19.6. The molecule has 0 spiro atoms. The first-order chi connectivity index (χ1) is 17.6. The van der Waals surface area contributed by atoms with Gasteiger partial charge in [-0.05, 0) is 38.0 Å². The van der Waals surface area contributed by atoms with E-state index >= 15 is 4.39 Å². The Kier molecular flexibility index (Phi) is 6.18. The second kappa shape index (κ2) is 9.34. The van der Waals surface area contributed by atoms with Crippen molar-refractivity contribution in [1.29, 1.82) is 0 Å². The number of pyridine rings is 1. The quantitative estimate of drug-likeness (QED) is 0.391. The smallest absolute Gasteiger partial charge is 0.425 e. The molecule has 2 aromatic heterocycles. The molecule has 4 aromatic rings. The fourth-order valence-electron chi connectivity index (χ4n) is 4.19. The van der Waals surface area contributed by atoms with E-state index in [1.165, 1.54) is 10.8 Å². The molecule has 0 radical (unpaired) electrons. The lowest BCUT2D eigenvalue weighted by molar-refractivity contribution is -0.189. The van der Waals surface area contributed by atoms with E-state index in [2.05, 4.69) is 15.4 Å². The number of halogens is 4.